The number of nitrogens with zero attached hydrogens (tertiary/aromatic N) is 3. The van der Waals surface area contributed by atoms with Crippen molar-refractivity contribution in [2.24, 2.45) is 0 Å². The van der Waals surface area contributed by atoms with Crippen molar-refractivity contribution in [3.05, 3.63) is 46.7 Å². The lowest BCUT2D eigenvalue weighted by atomic mass is 10.0. The summed E-state index contributed by atoms with van der Waals surface area (Å²) in [5.41, 5.74) is 3.82. The molecule has 21 heavy (non-hydrogen) atoms. The number of hydrogen-bond donors (Lipinski definition) is 0. The normalized spacial score (nSPS) is 12.1. The average Bonchev–Trinajstić information content (AvgIpc) is 3.15. The van der Waals surface area contributed by atoms with E-state index in [2.05, 4.69) is 9.97 Å². The van der Waals surface area contributed by atoms with Gasteiger partial charge in [0.25, 0.3) is 0 Å². The van der Waals surface area contributed by atoms with Gasteiger partial charge in [0.1, 0.15) is 5.52 Å². The summed E-state index contributed by atoms with van der Waals surface area (Å²) in [7, 11) is 0. The Hall–Kier alpha value is -2.52. The van der Waals surface area contributed by atoms with Crippen LogP contribution in [0.5, 0.6) is 0 Å². The summed E-state index contributed by atoms with van der Waals surface area (Å²) >= 11 is 1.49. The summed E-state index contributed by atoms with van der Waals surface area (Å²) < 4.78 is 5.51. The van der Waals surface area contributed by atoms with Gasteiger partial charge in [-0.15, -0.1) is 11.3 Å². The van der Waals surface area contributed by atoms with E-state index in [0.717, 1.165) is 5.69 Å². The molecule has 0 saturated carbocycles. The van der Waals surface area contributed by atoms with Crippen LogP contribution in [0.25, 0.3) is 11.1 Å². The van der Waals surface area contributed by atoms with Crippen molar-refractivity contribution in [1.82, 2.24) is 9.97 Å². The predicted molar refractivity (Wildman–Crippen MR) is 77.8 cm³/mol. The van der Waals surface area contributed by atoms with Crippen LogP contribution in [0.3, 0.4) is 0 Å². The molecule has 0 fully saturated rings. The number of aromatic nitrogens is 2. The third-order valence-corrected chi connectivity index (χ3v) is 3.75. The Kier molecular flexibility index (Phi) is 3.75. The topological polar surface area (TPSA) is 79.8 Å². The highest BCUT2D eigenvalue weighted by atomic mass is 32.1. The molecule has 1 aromatic carbocycles. The third kappa shape index (κ3) is 2.83. The molecule has 3 aromatic rings. The van der Waals surface area contributed by atoms with Crippen LogP contribution in [0.2, 0.25) is 0 Å². The maximum absolute atomic E-state index is 12.2. The minimum Gasteiger partial charge on any atom is -0.439 e. The smallest absolute Gasteiger partial charge is 0.220 e. The zero-order valence-corrected chi connectivity index (χ0v) is 11.8. The predicted octanol–water partition coefficient (Wildman–Crippen LogP) is 3.09. The fourth-order valence-electron chi connectivity index (χ4n) is 2.04. The van der Waals surface area contributed by atoms with Crippen LogP contribution >= 0.6 is 11.3 Å². The molecule has 0 amide bonds. The van der Waals surface area contributed by atoms with Crippen molar-refractivity contribution < 1.29 is 9.21 Å². The maximum atomic E-state index is 12.2. The van der Waals surface area contributed by atoms with Crippen LogP contribution in [0.1, 0.15) is 23.9 Å². The number of ketones is 1. The van der Waals surface area contributed by atoms with Gasteiger partial charge in [0.05, 0.1) is 17.3 Å². The Bertz CT molecular complexity index is 769. The highest BCUT2D eigenvalue weighted by Gasteiger charge is 2.25. The van der Waals surface area contributed by atoms with Crippen molar-refractivity contribution in [3.8, 4) is 6.07 Å². The lowest BCUT2D eigenvalue weighted by molar-refractivity contribution is -0.119. The Morgan fingerprint density at radius 1 is 1.43 bits per heavy atom. The van der Waals surface area contributed by atoms with Gasteiger partial charge < -0.3 is 4.42 Å². The molecule has 3 rings (SSSR count). The van der Waals surface area contributed by atoms with Crippen LogP contribution in [0, 0.1) is 11.3 Å². The van der Waals surface area contributed by atoms with Crippen LogP contribution in [-0.4, -0.2) is 15.8 Å². The first-order valence-electron chi connectivity index (χ1n) is 6.43. The lowest BCUT2D eigenvalue weighted by Crippen LogP contribution is -2.12. The standard InChI is InChI=1S/C15H11N3O2S/c16-7-11(13(19)6-5-10-8-21-9-17-10)15-18-12-3-1-2-4-14(12)20-15/h1-4,8-9,11H,5-6H2/t11-/m1/s1. The van der Waals surface area contributed by atoms with Gasteiger partial charge in [-0.25, -0.2) is 9.97 Å². The van der Waals surface area contributed by atoms with E-state index in [0.29, 0.717) is 17.5 Å². The van der Waals surface area contributed by atoms with E-state index >= 15 is 0 Å². The van der Waals surface area contributed by atoms with Gasteiger partial charge in [-0.05, 0) is 18.6 Å². The quantitative estimate of drug-likeness (QED) is 0.723. The fourth-order valence-corrected chi connectivity index (χ4v) is 2.63. The number of carbonyl (C=O) groups excluding carboxylic acids is 1. The first-order valence-corrected chi connectivity index (χ1v) is 7.37. The second-order valence-corrected chi connectivity index (χ2v) is 5.25. The summed E-state index contributed by atoms with van der Waals surface area (Å²) in [5, 5.41) is 11.1. The summed E-state index contributed by atoms with van der Waals surface area (Å²) in [6.45, 7) is 0. The van der Waals surface area contributed by atoms with Crippen molar-refractivity contribution >= 4 is 28.2 Å². The largest absolute Gasteiger partial charge is 0.439 e. The molecule has 1 atom stereocenters. The first-order chi connectivity index (χ1) is 10.3. The number of carbonyl (C=O) groups is 1. The fraction of sp³-hybridized carbons (Fsp3) is 0.200. The monoisotopic (exact) mass is 297 g/mol. The molecule has 0 N–H and O–H groups in total. The van der Waals surface area contributed by atoms with E-state index in [1.807, 2.05) is 23.6 Å². The van der Waals surface area contributed by atoms with Gasteiger partial charge in [-0.3, -0.25) is 4.79 Å². The molecule has 6 heteroatoms. The van der Waals surface area contributed by atoms with Crippen molar-refractivity contribution in [1.29, 1.82) is 5.26 Å². The molecule has 0 unspecified atom stereocenters. The van der Waals surface area contributed by atoms with Gasteiger partial charge >= 0.3 is 0 Å². The van der Waals surface area contributed by atoms with E-state index < -0.39 is 5.92 Å². The molecule has 0 bridgehead atoms. The molecular formula is C15H11N3O2S. The maximum Gasteiger partial charge on any atom is 0.220 e. The zero-order valence-electron chi connectivity index (χ0n) is 11.0. The molecular weight excluding hydrogens is 286 g/mol. The van der Waals surface area contributed by atoms with E-state index in [4.69, 9.17) is 4.42 Å². The number of aryl methyl sites for hydroxylation is 1. The van der Waals surface area contributed by atoms with Gasteiger partial charge in [0.2, 0.25) is 5.89 Å². The second-order valence-electron chi connectivity index (χ2n) is 4.53. The summed E-state index contributed by atoms with van der Waals surface area (Å²) in [6.07, 6.45) is 0.779. The molecule has 2 aromatic heterocycles. The molecule has 5 nitrogen and oxygen atoms in total. The molecule has 104 valence electrons. The molecule has 0 aliphatic rings. The molecule has 0 aliphatic carbocycles. The van der Waals surface area contributed by atoms with Crippen LogP contribution in [-0.2, 0) is 11.2 Å². The minimum atomic E-state index is -0.962. The van der Waals surface area contributed by atoms with Gasteiger partial charge in [-0.1, -0.05) is 12.1 Å². The van der Waals surface area contributed by atoms with Gasteiger partial charge in [-0.2, -0.15) is 5.26 Å². The molecule has 0 spiro atoms. The van der Waals surface area contributed by atoms with E-state index in [9.17, 15) is 10.1 Å². The number of oxazole rings is 1. The van der Waals surface area contributed by atoms with Crippen molar-refractivity contribution in [3.63, 3.8) is 0 Å². The van der Waals surface area contributed by atoms with Crippen molar-refractivity contribution in [2.75, 3.05) is 0 Å². The summed E-state index contributed by atoms with van der Waals surface area (Å²) in [4.78, 5) is 20.6. The summed E-state index contributed by atoms with van der Waals surface area (Å²) in [5.74, 6) is -0.991. The Morgan fingerprint density at radius 3 is 3.00 bits per heavy atom. The van der Waals surface area contributed by atoms with Gasteiger partial charge in [0.15, 0.2) is 17.3 Å². The van der Waals surface area contributed by atoms with Crippen LogP contribution in [0.15, 0.2) is 39.6 Å². The minimum absolute atomic E-state index is 0.168. The van der Waals surface area contributed by atoms with Crippen LogP contribution in [0.4, 0.5) is 0 Å². The highest BCUT2D eigenvalue weighted by Crippen LogP contribution is 2.23. The molecule has 0 radical (unpaired) electrons. The SMILES string of the molecule is N#C[C@H](C(=O)CCc1cscn1)c1nc2ccccc2o1. The van der Waals surface area contributed by atoms with E-state index in [1.54, 1.807) is 17.6 Å². The average molecular weight is 297 g/mol. The van der Waals surface area contributed by atoms with Crippen LogP contribution < -0.4 is 0 Å². The van der Waals surface area contributed by atoms with E-state index in [-0.39, 0.29) is 18.1 Å². The van der Waals surface area contributed by atoms with Crippen molar-refractivity contribution in [2.45, 2.75) is 18.8 Å². The van der Waals surface area contributed by atoms with E-state index in [1.165, 1.54) is 11.3 Å². The Morgan fingerprint density at radius 2 is 2.29 bits per heavy atom. The number of para-hydroxylation sites is 2. The summed E-state index contributed by atoms with van der Waals surface area (Å²) in [6, 6.07) is 9.19. The second kappa shape index (κ2) is 5.85. The number of nitriles is 1. The third-order valence-electron chi connectivity index (χ3n) is 3.12. The lowest BCUT2D eigenvalue weighted by Gasteiger charge is -2.02. The Balaban J connectivity index is 1.77. The first kappa shape index (κ1) is 13.5. The molecule has 2 heterocycles. The number of hydrogen-bond acceptors (Lipinski definition) is 6. The molecule has 0 saturated heterocycles. The number of benzene rings is 1. The highest BCUT2D eigenvalue weighted by molar-refractivity contribution is 7.07. The number of Topliss-reactive ketones (excluding diaryl/α,β-unsaturated/α-hetero) is 1. The Labute approximate surface area is 124 Å². The van der Waals surface area contributed by atoms with Gasteiger partial charge in [0, 0.05) is 11.8 Å². The molecule has 0 aliphatic heterocycles. The zero-order chi connectivity index (χ0) is 14.7. The number of rotatable bonds is 5. The number of thiazole rings is 1. The number of fused-ring (bicyclic) bond motifs is 1.